The van der Waals surface area contributed by atoms with Gasteiger partial charge in [0.05, 0.1) is 14.2 Å². The molecular formula is C12H14N4O4. The summed E-state index contributed by atoms with van der Waals surface area (Å²) in [5.41, 5.74) is 0.0432. The maximum Gasteiger partial charge on any atom is 0.343 e. The van der Waals surface area contributed by atoms with Gasteiger partial charge in [-0.3, -0.25) is 9.78 Å². The molecule has 1 aromatic carbocycles. The average Bonchev–Trinajstić information content (AvgIpc) is 2.78. The summed E-state index contributed by atoms with van der Waals surface area (Å²) in [7, 11) is 4.47. The van der Waals surface area contributed by atoms with E-state index in [1.165, 1.54) is 21.3 Å². The Labute approximate surface area is 114 Å². The van der Waals surface area contributed by atoms with E-state index in [1.54, 1.807) is 18.2 Å². The van der Waals surface area contributed by atoms with Crippen LogP contribution in [0.4, 0.5) is 5.69 Å². The molecule has 8 nitrogen and oxygen atoms in total. The number of aryl methyl sites for hydroxylation is 1. The van der Waals surface area contributed by atoms with Crippen molar-refractivity contribution in [3.63, 3.8) is 0 Å². The van der Waals surface area contributed by atoms with Gasteiger partial charge in [0.25, 0.3) is 5.91 Å². The van der Waals surface area contributed by atoms with Crippen LogP contribution in [-0.4, -0.2) is 34.9 Å². The summed E-state index contributed by atoms with van der Waals surface area (Å²) in [5, 5.41) is 6.37. The number of nitrogens with zero attached hydrogens (tertiary/aromatic N) is 2. The highest BCUT2D eigenvalue weighted by Crippen LogP contribution is 2.29. The third kappa shape index (κ3) is 2.63. The first-order valence-corrected chi connectivity index (χ1v) is 5.72. The molecule has 8 heteroatoms. The van der Waals surface area contributed by atoms with E-state index in [1.807, 2.05) is 0 Å². The molecular weight excluding hydrogens is 264 g/mol. The number of carbonyl (C=O) groups is 1. The molecule has 0 saturated heterocycles. The van der Waals surface area contributed by atoms with Crippen LogP contribution in [0.3, 0.4) is 0 Å². The Morgan fingerprint density at radius 2 is 2.00 bits per heavy atom. The Balaban J connectivity index is 2.21. The number of ether oxygens (including phenoxy) is 2. The number of carbonyl (C=O) groups excluding carboxylic acids is 1. The first kappa shape index (κ1) is 13.7. The molecule has 0 aliphatic rings. The van der Waals surface area contributed by atoms with E-state index in [2.05, 4.69) is 15.4 Å². The maximum atomic E-state index is 11.9. The Bertz CT molecular complexity index is 689. The van der Waals surface area contributed by atoms with Crippen molar-refractivity contribution in [1.82, 2.24) is 14.8 Å². The number of aromatic nitrogens is 3. The molecule has 0 bridgehead atoms. The SMILES string of the molecule is COc1ccc(NC(=O)c2nn(C)c(=O)[nH]2)cc1OC. The van der Waals surface area contributed by atoms with Crippen LogP contribution < -0.4 is 20.5 Å². The van der Waals surface area contributed by atoms with Crippen molar-refractivity contribution >= 4 is 11.6 Å². The average molecular weight is 278 g/mol. The zero-order valence-electron chi connectivity index (χ0n) is 11.3. The highest BCUT2D eigenvalue weighted by atomic mass is 16.5. The van der Waals surface area contributed by atoms with Gasteiger partial charge in [0.15, 0.2) is 11.5 Å². The minimum Gasteiger partial charge on any atom is -0.493 e. The zero-order chi connectivity index (χ0) is 14.7. The predicted molar refractivity (Wildman–Crippen MR) is 71.3 cm³/mol. The van der Waals surface area contributed by atoms with Crippen LogP contribution in [0.1, 0.15) is 10.6 Å². The van der Waals surface area contributed by atoms with Gasteiger partial charge in [-0.1, -0.05) is 0 Å². The smallest absolute Gasteiger partial charge is 0.343 e. The molecule has 0 aliphatic heterocycles. The van der Waals surface area contributed by atoms with Crippen LogP contribution in [0.2, 0.25) is 0 Å². The number of benzene rings is 1. The molecule has 0 radical (unpaired) electrons. The maximum absolute atomic E-state index is 11.9. The van der Waals surface area contributed by atoms with E-state index < -0.39 is 11.6 Å². The van der Waals surface area contributed by atoms with E-state index in [-0.39, 0.29) is 5.82 Å². The minimum absolute atomic E-state index is 0.0627. The predicted octanol–water partition coefficient (Wildman–Crippen LogP) is 0.378. The summed E-state index contributed by atoms with van der Waals surface area (Å²) in [6.45, 7) is 0. The molecule has 1 aromatic heterocycles. The molecule has 0 saturated carbocycles. The van der Waals surface area contributed by atoms with Gasteiger partial charge in [0, 0.05) is 18.8 Å². The number of H-pyrrole nitrogens is 1. The van der Waals surface area contributed by atoms with Crippen LogP contribution in [0.5, 0.6) is 11.5 Å². The summed E-state index contributed by atoms with van der Waals surface area (Å²) in [4.78, 5) is 25.5. The summed E-state index contributed by atoms with van der Waals surface area (Å²) < 4.78 is 11.3. The fraction of sp³-hybridized carbons (Fsp3) is 0.250. The summed E-state index contributed by atoms with van der Waals surface area (Å²) in [6, 6.07) is 4.92. The van der Waals surface area contributed by atoms with Crippen molar-refractivity contribution in [2.45, 2.75) is 0 Å². The van der Waals surface area contributed by atoms with Gasteiger partial charge in [-0.25, -0.2) is 9.48 Å². The topological polar surface area (TPSA) is 98.2 Å². The number of methoxy groups -OCH3 is 2. The standard InChI is InChI=1S/C12H14N4O4/c1-16-12(18)14-10(15-16)11(17)13-7-4-5-8(19-2)9(6-7)20-3/h4-6H,1-3H3,(H,13,17)(H,14,15,18). The van der Waals surface area contributed by atoms with Crippen LogP contribution in [0.25, 0.3) is 0 Å². The molecule has 2 N–H and O–H groups in total. The minimum atomic E-state index is -0.519. The molecule has 0 aliphatic carbocycles. The van der Waals surface area contributed by atoms with Gasteiger partial charge < -0.3 is 14.8 Å². The third-order valence-electron chi connectivity index (χ3n) is 2.63. The summed E-state index contributed by atoms with van der Waals surface area (Å²) in [6.07, 6.45) is 0. The molecule has 2 aromatic rings. The van der Waals surface area contributed by atoms with Crippen molar-refractivity contribution in [3.05, 3.63) is 34.5 Å². The molecule has 1 heterocycles. The van der Waals surface area contributed by atoms with Crippen LogP contribution >= 0.6 is 0 Å². The number of rotatable bonds is 4. The van der Waals surface area contributed by atoms with Gasteiger partial charge in [-0.05, 0) is 12.1 Å². The lowest BCUT2D eigenvalue weighted by atomic mass is 10.2. The highest BCUT2D eigenvalue weighted by molar-refractivity contribution is 6.01. The lowest BCUT2D eigenvalue weighted by Crippen LogP contribution is -2.15. The highest BCUT2D eigenvalue weighted by Gasteiger charge is 2.13. The van der Waals surface area contributed by atoms with Gasteiger partial charge in [0.2, 0.25) is 5.82 Å². The largest absolute Gasteiger partial charge is 0.493 e. The van der Waals surface area contributed by atoms with E-state index in [0.29, 0.717) is 17.2 Å². The Kier molecular flexibility index (Phi) is 3.74. The zero-order valence-corrected chi connectivity index (χ0v) is 11.3. The van der Waals surface area contributed by atoms with E-state index in [4.69, 9.17) is 9.47 Å². The molecule has 2 rings (SSSR count). The summed E-state index contributed by atoms with van der Waals surface area (Å²) in [5.74, 6) is 0.457. The monoisotopic (exact) mass is 278 g/mol. The molecule has 0 fully saturated rings. The van der Waals surface area contributed by atoms with Crippen molar-refractivity contribution in [2.24, 2.45) is 7.05 Å². The molecule has 0 atom stereocenters. The van der Waals surface area contributed by atoms with Gasteiger partial charge in [-0.2, -0.15) is 0 Å². The van der Waals surface area contributed by atoms with Crippen molar-refractivity contribution in [1.29, 1.82) is 0 Å². The Hall–Kier alpha value is -2.77. The second-order valence-electron chi connectivity index (χ2n) is 3.93. The Morgan fingerprint density at radius 3 is 2.55 bits per heavy atom. The third-order valence-corrected chi connectivity index (χ3v) is 2.63. The van der Waals surface area contributed by atoms with Crippen molar-refractivity contribution < 1.29 is 14.3 Å². The number of anilines is 1. The number of nitrogens with one attached hydrogen (secondary N) is 2. The van der Waals surface area contributed by atoms with Gasteiger partial charge in [0.1, 0.15) is 0 Å². The van der Waals surface area contributed by atoms with Crippen LogP contribution in [-0.2, 0) is 7.05 Å². The molecule has 0 spiro atoms. The summed E-state index contributed by atoms with van der Waals surface area (Å²) >= 11 is 0. The van der Waals surface area contributed by atoms with E-state index >= 15 is 0 Å². The van der Waals surface area contributed by atoms with Gasteiger partial charge in [-0.15, -0.1) is 5.10 Å². The van der Waals surface area contributed by atoms with Gasteiger partial charge >= 0.3 is 5.69 Å². The lowest BCUT2D eigenvalue weighted by Gasteiger charge is -2.09. The number of amides is 1. The van der Waals surface area contributed by atoms with E-state index in [9.17, 15) is 9.59 Å². The first-order chi connectivity index (χ1) is 9.55. The van der Waals surface area contributed by atoms with Crippen molar-refractivity contribution in [3.8, 4) is 11.5 Å². The molecule has 20 heavy (non-hydrogen) atoms. The Morgan fingerprint density at radius 1 is 1.30 bits per heavy atom. The molecule has 1 amide bonds. The second-order valence-corrected chi connectivity index (χ2v) is 3.93. The van der Waals surface area contributed by atoms with Crippen LogP contribution in [0.15, 0.2) is 23.0 Å². The fourth-order valence-corrected chi connectivity index (χ4v) is 1.61. The second kappa shape index (κ2) is 5.47. The van der Waals surface area contributed by atoms with E-state index in [0.717, 1.165) is 4.68 Å². The molecule has 106 valence electrons. The fourth-order valence-electron chi connectivity index (χ4n) is 1.61. The first-order valence-electron chi connectivity index (χ1n) is 5.72. The lowest BCUT2D eigenvalue weighted by molar-refractivity contribution is 0.101. The number of hydrogen-bond acceptors (Lipinski definition) is 5. The van der Waals surface area contributed by atoms with Crippen molar-refractivity contribution in [2.75, 3.05) is 19.5 Å². The molecule has 0 unspecified atom stereocenters. The number of aromatic amines is 1. The van der Waals surface area contributed by atoms with Crippen LogP contribution in [0, 0.1) is 0 Å². The normalized spacial score (nSPS) is 10.2. The quantitative estimate of drug-likeness (QED) is 0.842. The number of hydrogen-bond donors (Lipinski definition) is 2.